The van der Waals surface area contributed by atoms with Crippen molar-refractivity contribution in [2.24, 2.45) is 0 Å². The molecule has 5 heteroatoms. The smallest absolute Gasteiger partial charge is 0.164 e. The Balaban J connectivity index is 1.38. The second-order valence-electron chi connectivity index (χ2n) is 10.6. The minimum Gasteiger partial charge on any atom is -0.359 e. The maximum atomic E-state index is 5.12. The summed E-state index contributed by atoms with van der Waals surface area (Å²) in [7, 11) is 0. The molecule has 0 saturated heterocycles. The van der Waals surface area contributed by atoms with E-state index < -0.39 is 0 Å². The van der Waals surface area contributed by atoms with Crippen LogP contribution in [0.1, 0.15) is 11.7 Å². The van der Waals surface area contributed by atoms with Crippen LogP contribution in [0.4, 0.5) is 17.1 Å². The highest BCUT2D eigenvalue weighted by molar-refractivity contribution is 5.91. The maximum absolute atomic E-state index is 5.12. The first-order valence-electron chi connectivity index (χ1n) is 14.4. The Morgan fingerprint density at radius 3 is 1.65 bits per heavy atom. The topological polar surface area (TPSA) is 53.9 Å². The van der Waals surface area contributed by atoms with Crippen LogP contribution in [0.25, 0.3) is 44.9 Å². The minimum atomic E-state index is -0.184. The number of rotatable bonds is 5. The van der Waals surface area contributed by atoms with Gasteiger partial charge in [0.25, 0.3) is 0 Å². The zero-order valence-corrected chi connectivity index (χ0v) is 23.3. The molecule has 7 aromatic rings. The second-order valence-corrected chi connectivity index (χ2v) is 10.6. The van der Waals surface area contributed by atoms with Gasteiger partial charge in [-0.2, -0.15) is 0 Å². The van der Waals surface area contributed by atoms with Gasteiger partial charge < -0.3 is 10.2 Å². The molecule has 6 aromatic carbocycles. The lowest BCUT2D eigenvalue weighted by molar-refractivity contribution is 0.829. The quantitative estimate of drug-likeness (QED) is 0.230. The molecule has 43 heavy (non-hydrogen) atoms. The van der Waals surface area contributed by atoms with Gasteiger partial charge in [0.2, 0.25) is 0 Å². The summed E-state index contributed by atoms with van der Waals surface area (Å²) in [5.74, 6) is 1.93. The third kappa shape index (κ3) is 4.57. The van der Waals surface area contributed by atoms with Gasteiger partial charge in [0.15, 0.2) is 17.5 Å². The van der Waals surface area contributed by atoms with E-state index in [9.17, 15) is 0 Å². The van der Waals surface area contributed by atoms with Gasteiger partial charge in [0.05, 0.1) is 11.4 Å². The van der Waals surface area contributed by atoms with Crippen LogP contribution in [-0.4, -0.2) is 15.0 Å². The summed E-state index contributed by atoms with van der Waals surface area (Å²) in [5.41, 5.74) is 7.26. The Morgan fingerprint density at radius 1 is 0.488 bits per heavy atom. The Bertz CT molecular complexity index is 2000. The molecule has 8 rings (SSSR count). The van der Waals surface area contributed by atoms with Crippen LogP contribution in [0.15, 0.2) is 152 Å². The van der Waals surface area contributed by atoms with Gasteiger partial charge in [0, 0.05) is 27.9 Å². The fourth-order valence-electron chi connectivity index (χ4n) is 5.86. The van der Waals surface area contributed by atoms with Crippen LogP contribution in [0.2, 0.25) is 0 Å². The number of fused-ring (bicyclic) bond motifs is 2. The molecule has 204 valence electrons. The van der Waals surface area contributed by atoms with E-state index in [4.69, 9.17) is 15.0 Å². The first-order chi connectivity index (χ1) is 21.3. The van der Waals surface area contributed by atoms with Gasteiger partial charge >= 0.3 is 0 Å². The molecule has 1 atom stereocenters. The Morgan fingerprint density at radius 2 is 1.00 bits per heavy atom. The van der Waals surface area contributed by atoms with Crippen LogP contribution in [-0.2, 0) is 0 Å². The molecule has 1 aliphatic rings. The molecule has 2 heterocycles. The lowest BCUT2D eigenvalue weighted by Crippen LogP contribution is -2.24. The maximum Gasteiger partial charge on any atom is 0.164 e. The van der Waals surface area contributed by atoms with E-state index in [0.29, 0.717) is 17.5 Å². The average Bonchev–Trinajstić information content (AvgIpc) is 3.48. The van der Waals surface area contributed by atoms with Gasteiger partial charge in [-0.05, 0) is 47.2 Å². The normalized spacial score (nSPS) is 14.0. The zero-order valence-electron chi connectivity index (χ0n) is 23.3. The van der Waals surface area contributed by atoms with E-state index in [0.717, 1.165) is 50.1 Å². The summed E-state index contributed by atoms with van der Waals surface area (Å²) >= 11 is 0. The highest BCUT2D eigenvalue weighted by Gasteiger charge is 2.33. The van der Waals surface area contributed by atoms with Crippen molar-refractivity contribution in [1.29, 1.82) is 0 Å². The Kier molecular flexibility index (Phi) is 6.12. The van der Waals surface area contributed by atoms with Crippen molar-refractivity contribution in [3.63, 3.8) is 0 Å². The first kappa shape index (κ1) is 24.9. The number of aromatic nitrogens is 3. The summed E-state index contributed by atoms with van der Waals surface area (Å²) in [5, 5.41) is 6.11. The predicted molar refractivity (Wildman–Crippen MR) is 175 cm³/mol. The van der Waals surface area contributed by atoms with E-state index in [-0.39, 0.29) is 6.17 Å². The molecule has 5 nitrogen and oxygen atoms in total. The summed E-state index contributed by atoms with van der Waals surface area (Å²) in [4.78, 5) is 17.5. The SMILES string of the molecule is c1ccc(-c2nc(-c3ccccc3)nc(-c3cc4ccccc4cc3C3Nc4ccccc4N3c3ccccc3)n2)cc1. The number of para-hydroxylation sites is 3. The van der Waals surface area contributed by atoms with Crippen molar-refractivity contribution in [2.75, 3.05) is 10.2 Å². The largest absolute Gasteiger partial charge is 0.359 e. The summed E-state index contributed by atoms with van der Waals surface area (Å²) in [6.07, 6.45) is -0.184. The first-order valence-corrected chi connectivity index (χ1v) is 14.4. The van der Waals surface area contributed by atoms with E-state index in [2.05, 4.69) is 101 Å². The molecular weight excluding hydrogens is 526 g/mol. The molecule has 1 aromatic heterocycles. The summed E-state index contributed by atoms with van der Waals surface area (Å²) in [6, 6.07) is 52.2. The molecule has 0 aliphatic carbocycles. The number of anilines is 3. The molecule has 1 aliphatic heterocycles. The van der Waals surface area contributed by atoms with Crippen LogP contribution in [0, 0.1) is 0 Å². The highest BCUT2D eigenvalue weighted by atomic mass is 15.3. The molecule has 1 N–H and O–H groups in total. The molecule has 0 amide bonds. The summed E-state index contributed by atoms with van der Waals surface area (Å²) in [6.45, 7) is 0. The molecular formula is C38H27N5. The van der Waals surface area contributed by atoms with Crippen LogP contribution >= 0.6 is 0 Å². The van der Waals surface area contributed by atoms with Crippen molar-refractivity contribution in [3.8, 4) is 34.2 Å². The number of nitrogens with zero attached hydrogens (tertiary/aromatic N) is 4. The molecule has 0 saturated carbocycles. The second kappa shape index (κ2) is 10.5. The van der Waals surface area contributed by atoms with Crippen LogP contribution in [0.3, 0.4) is 0 Å². The molecule has 0 radical (unpaired) electrons. The number of benzene rings is 6. The Labute approximate surface area is 250 Å². The molecule has 0 spiro atoms. The zero-order chi connectivity index (χ0) is 28.6. The van der Waals surface area contributed by atoms with Crippen molar-refractivity contribution in [1.82, 2.24) is 15.0 Å². The monoisotopic (exact) mass is 553 g/mol. The molecule has 0 bridgehead atoms. The predicted octanol–water partition coefficient (Wildman–Crippen LogP) is 9.29. The third-order valence-corrected chi connectivity index (χ3v) is 7.90. The average molecular weight is 554 g/mol. The van der Waals surface area contributed by atoms with Gasteiger partial charge in [0.1, 0.15) is 6.17 Å². The van der Waals surface area contributed by atoms with Gasteiger partial charge in [-0.25, -0.2) is 15.0 Å². The summed E-state index contributed by atoms with van der Waals surface area (Å²) < 4.78 is 0. The minimum absolute atomic E-state index is 0.184. The number of hydrogen-bond acceptors (Lipinski definition) is 5. The van der Waals surface area contributed by atoms with Crippen molar-refractivity contribution < 1.29 is 0 Å². The molecule has 1 unspecified atom stereocenters. The molecule has 0 fully saturated rings. The van der Waals surface area contributed by atoms with Crippen molar-refractivity contribution in [2.45, 2.75) is 6.17 Å². The number of hydrogen-bond donors (Lipinski definition) is 1. The van der Waals surface area contributed by atoms with E-state index in [1.54, 1.807) is 0 Å². The van der Waals surface area contributed by atoms with E-state index in [1.165, 1.54) is 0 Å². The lowest BCUT2D eigenvalue weighted by Gasteiger charge is -2.29. The number of nitrogens with one attached hydrogen (secondary N) is 1. The van der Waals surface area contributed by atoms with Crippen molar-refractivity contribution in [3.05, 3.63) is 157 Å². The lowest BCUT2D eigenvalue weighted by atomic mass is 9.97. The highest BCUT2D eigenvalue weighted by Crippen LogP contribution is 2.48. The van der Waals surface area contributed by atoms with E-state index >= 15 is 0 Å². The Hall–Kier alpha value is -5.81. The fourth-order valence-corrected chi connectivity index (χ4v) is 5.86. The fraction of sp³-hybridized carbons (Fsp3) is 0.0263. The van der Waals surface area contributed by atoms with Crippen LogP contribution < -0.4 is 10.2 Å². The van der Waals surface area contributed by atoms with Gasteiger partial charge in [-0.15, -0.1) is 0 Å². The standard InChI is InChI=1S/C38H27N5/c1-4-14-26(15-5-1)35-40-36(27-16-6-2-7-17-27)42-37(41-35)31-24-28-18-10-11-19-29(28)25-32(31)38-39-33-22-12-13-23-34(33)43(38)30-20-8-3-9-21-30/h1-25,38-39H. The third-order valence-electron chi connectivity index (χ3n) is 7.90. The van der Waals surface area contributed by atoms with E-state index in [1.807, 2.05) is 60.7 Å². The van der Waals surface area contributed by atoms with Gasteiger partial charge in [-0.1, -0.05) is 115 Å². The van der Waals surface area contributed by atoms with Crippen LogP contribution in [0.5, 0.6) is 0 Å². The van der Waals surface area contributed by atoms with Gasteiger partial charge in [-0.3, -0.25) is 0 Å². The van der Waals surface area contributed by atoms with Crippen molar-refractivity contribution >= 4 is 27.8 Å².